The van der Waals surface area contributed by atoms with E-state index < -0.39 is 9.53 Å². The topological polar surface area (TPSA) is 59.2 Å². The maximum atomic E-state index is 4.74. The van der Waals surface area contributed by atoms with Crippen LogP contribution in [0.25, 0.3) is 0 Å². The Morgan fingerprint density at radius 3 is 1.11 bits per heavy atom. The Bertz CT molecular complexity index is 37.3. The van der Waals surface area contributed by atoms with Gasteiger partial charge in [-0.05, 0) is 0 Å². The molecule has 2 N–H and O–H groups in total. The van der Waals surface area contributed by atoms with Crippen LogP contribution in [0.2, 0.25) is 0 Å². The molecule has 0 saturated heterocycles. The van der Waals surface area contributed by atoms with Crippen molar-refractivity contribution in [2.45, 2.75) is 0 Å². The van der Waals surface area contributed by atoms with Crippen LogP contribution in [0.5, 0.6) is 0 Å². The fourth-order valence-electron chi connectivity index (χ4n) is 0.289. The van der Waals surface area contributed by atoms with Gasteiger partial charge in [-0.2, -0.15) is 0 Å². The third-order valence-electron chi connectivity index (χ3n) is 0.577. The second-order valence-electron chi connectivity index (χ2n) is 0.996. The minimum atomic E-state index is -1.67. The molecule has 0 heterocycles. The predicted molar refractivity (Wildman–Crippen MR) is 40.3 cm³/mol. The van der Waals surface area contributed by atoms with Crippen molar-refractivity contribution >= 4 is 33.4 Å². The van der Waals surface area contributed by atoms with Crippen LogP contribution < -0.4 is 0 Å². The first-order chi connectivity index (χ1) is 3.35. The summed E-state index contributed by atoms with van der Waals surface area (Å²) >= 11 is 0. The van der Waals surface area contributed by atoms with Crippen molar-refractivity contribution in [2.24, 2.45) is 0 Å². The maximum absolute atomic E-state index is 4.74. The van der Waals surface area contributed by atoms with Gasteiger partial charge in [-0.1, -0.05) is 0 Å². The molecule has 9 heavy (non-hydrogen) atoms. The number of hydrogen-bond donors (Lipinski definition) is 0. The van der Waals surface area contributed by atoms with Crippen molar-refractivity contribution in [3.8, 4) is 0 Å². The van der Waals surface area contributed by atoms with Crippen LogP contribution >= 0.6 is 0 Å². The molecule has 2 radical (unpaired) electrons. The molecule has 0 spiro atoms. The zero-order valence-corrected chi connectivity index (χ0v) is 11.2. The Kier molecular flexibility index (Phi) is 21.2. The number of hydrogen-bond acceptors (Lipinski definition) is 3. The third-order valence-corrected chi connectivity index (χ3v) is 1.73. The van der Waals surface area contributed by atoms with Crippen molar-refractivity contribution in [3.63, 3.8) is 0 Å². The van der Waals surface area contributed by atoms with Gasteiger partial charge in [-0.3, -0.25) is 0 Å². The van der Waals surface area contributed by atoms with E-state index in [9.17, 15) is 0 Å². The molecule has 0 bridgehead atoms. The molecule has 0 amide bonds. The Hall–Kier alpha value is 0.856. The minimum absolute atomic E-state index is 0. The molecular weight excluding hydrogens is 247 g/mol. The molecule has 0 rings (SSSR count). The zero-order valence-electron chi connectivity index (χ0n) is 6.01. The fourth-order valence-corrected chi connectivity index (χ4v) is 0.866. The van der Waals surface area contributed by atoms with Gasteiger partial charge < -0.3 is 18.8 Å². The van der Waals surface area contributed by atoms with E-state index >= 15 is 0 Å². The quantitative estimate of drug-likeness (QED) is 0.547. The van der Waals surface area contributed by atoms with E-state index in [2.05, 4.69) is 0 Å². The first-order valence-electron chi connectivity index (χ1n) is 1.93. The predicted octanol–water partition coefficient (Wildman–Crippen LogP) is -2.10. The molecule has 58 valence electrons. The molecule has 0 aromatic carbocycles. The molecule has 4 nitrogen and oxygen atoms in total. The van der Waals surface area contributed by atoms with Gasteiger partial charge in [-0.15, -0.1) is 0 Å². The van der Waals surface area contributed by atoms with Gasteiger partial charge in [0.1, 0.15) is 0 Å². The molecule has 0 aromatic rings. The average molecular weight is 261 g/mol. The van der Waals surface area contributed by atoms with Crippen molar-refractivity contribution in [1.29, 1.82) is 0 Å². The van der Waals surface area contributed by atoms with E-state index in [0.29, 0.717) is 0 Å². The van der Waals surface area contributed by atoms with Gasteiger partial charge in [-0.25, -0.2) is 0 Å². The zero-order chi connectivity index (χ0) is 5.70. The molecule has 0 aliphatic rings. The van der Waals surface area contributed by atoms with E-state index in [1.54, 1.807) is 21.3 Å². The van der Waals surface area contributed by atoms with Gasteiger partial charge >= 0.3 is 33.4 Å². The molecule has 0 fully saturated rings. The summed E-state index contributed by atoms with van der Waals surface area (Å²) in [4.78, 5) is 0. The number of rotatable bonds is 3. The Balaban J connectivity index is -0.000000180. The molecule has 6 heteroatoms. The average Bonchev–Trinajstić information content (AvgIpc) is 1.72. The summed E-state index contributed by atoms with van der Waals surface area (Å²) in [6.45, 7) is 0. The van der Waals surface area contributed by atoms with Crippen LogP contribution in [0.1, 0.15) is 0 Å². The van der Waals surface area contributed by atoms with Crippen LogP contribution in [-0.4, -0.2) is 60.2 Å². The summed E-state index contributed by atoms with van der Waals surface area (Å²) in [5, 5.41) is 0. The summed E-state index contributed by atoms with van der Waals surface area (Å²) in [6.07, 6.45) is 0. The monoisotopic (exact) mass is 262 g/mol. The molecule has 0 aliphatic heterocycles. The second-order valence-corrected chi connectivity index (χ2v) is 2.99. The molecule has 0 aromatic heterocycles. The van der Waals surface area contributed by atoms with Crippen molar-refractivity contribution in [2.75, 3.05) is 21.3 Å². The third kappa shape index (κ3) is 8.86. The van der Waals surface area contributed by atoms with Crippen LogP contribution in [0.4, 0.5) is 0 Å². The van der Waals surface area contributed by atoms with Gasteiger partial charge in [0.15, 0.2) is 0 Å². The van der Waals surface area contributed by atoms with E-state index in [1.807, 2.05) is 0 Å². The van der Waals surface area contributed by atoms with Gasteiger partial charge in [0, 0.05) is 21.3 Å². The summed E-state index contributed by atoms with van der Waals surface area (Å²) < 4.78 is 14.2. The molecular formula is C3H14O4SiSn. The SMILES string of the molecule is CO[SiH](OC)OC.O.[SnH2]. The normalized spacial score (nSPS) is 8.00. The summed E-state index contributed by atoms with van der Waals surface area (Å²) in [5.41, 5.74) is 0. The summed E-state index contributed by atoms with van der Waals surface area (Å²) in [7, 11) is 3.05. The molecule has 0 unspecified atom stereocenters. The van der Waals surface area contributed by atoms with Crippen LogP contribution in [0.3, 0.4) is 0 Å². The van der Waals surface area contributed by atoms with Crippen molar-refractivity contribution in [3.05, 3.63) is 0 Å². The Morgan fingerprint density at radius 2 is 1.11 bits per heavy atom. The molecule has 0 atom stereocenters. The summed E-state index contributed by atoms with van der Waals surface area (Å²) in [6, 6.07) is 0. The Morgan fingerprint density at radius 1 is 0.889 bits per heavy atom. The van der Waals surface area contributed by atoms with Gasteiger partial charge in [0.2, 0.25) is 0 Å². The molecule has 0 aliphatic carbocycles. The van der Waals surface area contributed by atoms with Gasteiger partial charge in [0.05, 0.1) is 0 Å². The van der Waals surface area contributed by atoms with Crippen molar-refractivity contribution < 1.29 is 18.8 Å². The fraction of sp³-hybridized carbons (Fsp3) is 1.00. The first kappa shape index (κ1) is 16.4. The Labute approximate surface area is 73.7 Å². The standard InChI is InChI=1S/C3H10O3Si.H2O.Sn.2H/c1-4-7(5-2)6-3;;;;/h7H,1-3H3;1H2;;;. The van der Waals surface area contributed by atoms with E-state index in [4.69, 9.17) is 13.3 Å². The van der Waals surface area contributed by atoms with Crippen LogP contribution in [0, 0.1) is 0 Å². The van der Waals surface area contributed by atoms with E-state index in [-0.39, 0.29) is 29.4 Å². The van der Waals surface area contributed by atoms with Crippen molar-refractivity contribution in [1.82, 2.24) is 0 Å². The van der Waals surface area contributed by atoms with E-state index in [1.165, 1.54) is 0 Å². The summed E-state index contributed by atoms with van der Waals surface area (Å²) in [5.74, 6) is 0. The van der Waals surface area contributed by atoms with Gasteiger partial charge in [0.25, 0.3) is 0 Å². The van der Waals surface area contributed by atoms with E-state index in [0.717, 1.165) is 0 Å². The second kappa shape index (κ2) is 11.6. The first-order valence-corrected chi connectivity index (χ1v) is 3.35. The van der Waals surface area contributed by atoms with Crippen LogP contribution in [0.15, 0.2) is 0 Å². The molecule has 0 saturated carbocycles. The van der Waals surface area contributed by atoms with Crippen LogP contribution in [-0.2, 0) is 13.3 Å².